The summed E-state index contributed by atoms with van der Waals surface area (Å²) in [7, 11) is 0. The molecule has 0 fully saturated rings. The van der Waals surface area contributed by atoms with Crippen LogP contribution < -0.4 is 0 Å². The average Bonchev–Trinajstić information content (AvgIpc) is 2.25. The molecule has 0 bridgehead atoms. The maximum absolute atomic E-state index is 10.8. The average molecular weight is 240 g/mol. The lowest BCUT2D eigenvalue weighted by atomic mass is 10.3. The molecule has 0 aromatic heterocycles. The van der Waals surface area contributed by atoms with Gasteiger partial charge in [-0.3, -0.25) is 20.2 Å². The first-order chi connectivity index (χ1) is 7.57. The maximum atomic E-state index is 10.8. The minimum atomic E-state index is -0.754. The molecule has 16 heavy (non-hydrogen) atoms. The molecule has 0 amide bonds. The van der Waals surface area contributed by atoms with Crippen molar-refractivity contribution in [3.63, 3.8) is 0 Å². The molecule has 7 heteroatoms. The Morgan fingerprint density at radius 3 is 2.50 bits per heavy atom. The zero-order valence-corrected chi connectivity index (χ0v) is 8.98. The minimum absolute atomic E-state index is 0.277. The van der Waals surface area contributed by atoms with E-state index in [-0.39, 0.29) is 4.90 Å². The highest BCUT2D eigenvalue weighted by atomic mass is 32.2. The van der Waals surface area contributed by atoms with Gasteiger partial charge in [0.1, 0.15) is 0 Å². The second-order valence-electron chi connectivity index (χ2n) is 2.74. The predicted molar refractivity (Wildman–Crippen MR) is 60.7 cm³/mol. The van der Waals surface area contributed by atoms with Crippen molar-refractivity contribution in [1.29, 1.82) is 0 Å². The summed E-state index contributed by atoms with van der Waals surface area (Å²) in [5.74, 6) is 0.460. The molecule has 0 aliphatic heterocycles. The van der Waals surface area contributed by atoms with Crippen LogP contribution in [0.15, 0.2) is 35.7 Å². The van der Waals surface area contributed by atoms with Gasteiger partial charge in [0.05, 0.1) is 14.7 Å². The number of hydrogen-bond donors (Lipinski definition) is 0. The Bertz CT molecular complexity index is 447. The van der Waals surface area contributed by atoms with Crippen molar-refractivity contribution < 1.29 is 9.85 Å². The molecule has 0 unspecified atom stereocenters. The van der Waals surface area contributed by atoms with Crippen molar-refractivity contribution in [2.45, 2.75) is 4.90 Å². The molecule has 0 aliphatic carbocycles. The van der Waals surface area contributed by atoms with E-state index in [1.54, 1.807) is 6.08 Å². The second-order valence-corrected chi connectivity index (χ2v) is 3.80. The van der Waals surface area contributed by atoms with Crippen LogP contribution in [0.2, 0.25) is 0 Å². The van der Waals surface area contributed by atoms with Crippen LogP contribution in [0.4, 0.5) is 11.4 Å². The monoisotopic (exact) mass is 240 g/mol. The van der Waals surface area contributed by atoms with Crippen molar-refractivity contribution in [2.24, 2.45) is 0 Å². The molecule has 1 aromatic rings. The van der Waals surface area contributed by atoms with Gasteiger partial charge >= 0.3 is 11.4 Å². The van der Waals surface area contributed by atoms with E-state index in [2.05, 4.69) is 6.58 Å². The Balaban J connectivity index is 3.26. The number of para-hydroxylation sites is 1. The van der Waals surface area contributed by atoms with Gasteiger partial charge in [0.25, 0.3) is 0 Å². The van der Waals surface area contributed by atoms with Crippen LogP contribution in [0.5, 0.6) is 0 Å². The van der Waals surface area contributed by atoms with Crippen molar-refractivity contribution in [3.05, 3.63) is 51.1 Å². The van der Waals surface area contributed by atoms with Gasteiger partial charge in [-0.15, -0.1) is 18.3 Å². The molecule has 1 rings (SSSR count). The Hall–Kier alpha value is -1.89. The summed E-state index contributed by atoms with van der Waals surface area (Å²) < 4.78 is 0. The highest BCUT2D eigenvalue weighted by Gasteiger charge is 2.27. The topological polar surface area (TPSA) is 86.3 Å². The van der Waals surface area contributed by atoms with Gasteiger partial charge < -0.3 is 0 Å². The molecule has 84 valence electrons. The highest BCUT2D eigenvalue weighted by Crippen LogP contribution is 2.36. The first-order valence-corrected chi connectivity index (χ1v) is 5.22. The molecule has 0 heterocycles. The van der Waals surface area contributed by atoms with Crippen LogP contribution in [-0.2, 0) is 0 Å². The van der Waals surface area contributed by atoms with Crippen LogP contribution in [0.3, 0.4) is 0 Å². The van der Waals surface area contributed by atoms with E-state index < -0.39 is 21.2 Å². The summed E-state index contributed by atoms with van der Waals surface area (Å²) in [4.78, 5) is 20.2. The zero-order chi connectivity index (χ0) is 12.1. The minimum Gasteiger partial charge on any atom is -0.258 e. The lowest BCUT2D eigenvalue weighted by Crippen LogP contribution is -1.98. The Morgan fingerprint density at radius 2 is 2.00 bits per heavy atom. The molecule has 0 saturated heterocycles. The predicted octanol–water partition coefficient (Wildman–Crippen LogP) is 2.78. The van der Waals surface area contributed by atoms with E-state index in [1.165, 1.54) is 12.1 Å². The molecule has 1 aromatic carbocycles. The quantitative estimate of drug-likeness (QED) is 0.342. The van der Waals surface area contributed by atoms with Crippen molar-refractivity contribution in [2.75, 3.05) is 5.75 Å². The summed E-state index contributed by atoms with van der Waals surface area (Å²) in [5.41, 5.74) is -0.946. The number of nitrogens with zero attached hydrogens (tertiary/aromatic N) is 2. The van der Waals surface area contributed by atoms with Crippen LogP contribution in [0.25, 0.3) is 0 Å². The largest absolute Gasteiger partial charge is 0.359 e. The van der Waals surface area contributed by atoms with E-state index >= 15 is 0 Å². The Morgan fingerprint density at radius 1 is 1.31 bits per heavy atom. The van der Waals surface area contributed by atoms with Crippen LogP contribution in [0, 0.1) is 20.2 Å². The maximum Gasteiger partial charge on any atom is 0.359 e. The van der Waals surface area contributed by atoms with Crippen molar-refractivity contribution >= 4 is 23.1 Å². The first kappa shape index (κ1) is 12.2. The third-order valence-corrected chi connectivity index (χ3v) is 2.76. The fourth-order valence-corrected chi connectivity index (χ4v) is 1.89. The van der Waals surface area contributed by atoms with Gasteiger partial charge in [0.2, 0.25) is 0 Å². The SMILES string of the molecule is C=CCSc1cccc([N+](=O)[O-])c1[N+](=O)[O-]. The standard InChI is InChI=1S/C9H8N2O4S/c1-2-6-16-8-5-3-4-7(10(12)13)9(8)11(14)15/h2-5H,1,6H2. The zero-order valence-electron chi connectivity index (χ0n) is 8.16. The fraction of sp³-hybridized carbons (Fsp3) is 0.111. The van der Waals surface area contributed by atoms with E-state index in [0.29, 0.717) is 5.75 Å². The smallest absolute Gasteiger partial charge is 0.258 e. The normalized spacial score (nSPS) is 9.75. The van der Waals surface area contributed by atoms with Gasteiger partial charge in [-0.1, -0.05) is 12.1 Å². The van der Waals surface area contributed by atoms with Crippen molar-refractivity contribution in [1.82, 2.24) is 0 Å². The molecule has 0 atom stereocenters. The summed E-state index contributed by atoms with van der Waals surface area (Å²) >= 11 is 1.14. The van der Waals surface area contributed by atoms with Gasteiger partial charge in [-0.2, -0.15) is 0 Å². The second kappa shape index (κ2) is 5.26. The molecule has 0 saturated carbocycles. The Labute approximate surface area is 95.3 Å². The Kier molecular flexibility index (Phi) is 4.01. The molecule has 0 aliphatic rings. The van der Waals surface area contributed by atoms with Crippen LogP contribution >= 0.6 is 11.8 Å². The number of rotatable bonds is 5. The van der Waals surface area contributed by atoms with Gasteiger partial charge in [-0.05, 0) is 6.07 Å². The lowest BCUT2D eigenvalue weighted by molar-refractivity contribution is -0.424. The summed E-state index contributed by atoms with van der Waals surface area (Å²) in [6, 6.07) is 4.03. The number of benzene rings is 1. The van der Waals surface area contributed by atoms with E-state index in [0.717, 1.165) is 17.8 Å². The first-order valence-electron chi connectivity index (χ1n) is 4.23. The van der Waals surface area contributed by atoms with Crippen LogP contribution in [-0.4, -0.2) is 15.6 Å². The third-order valence-electron chi connectivity index (χ3n) is 1.71. The summed E-state index contributed by atoms with van der Waals surface area (Å²) in [6.07, 6.45) is 1.58. The lowest BCUT2D eigenvalue weighted by Gasteiger charge is -2.00. The van der Waals surface area contributed by atoms with Gasteiger partial charge in [0, 0.05) is 11.8 Å². The fourth-order valence-electron chi connectivity index (χ4n) is 1.11. The highest BCUT2D eigenvalue weighted by molar-refractivity contribution is 7.99. The number of thioether (sulfide) groups is 1. The number of hydrogen-bond acceptors (Lipinski definition) is 5. The number of nitro groups is 2. The van der Waals surface area contributed by atoms with E-state index in [4.69, 9.17) is 0 Å². The van der Waals surface area contributed by atoms with Crippen molar-refractivity contribution in [3.8, 4) is 0 Å². The van der Waals surface area contributed by atoms with E-state index in [9.17, 15) is 20.2 Å². The molecule has 0 spiro atoms. The van der Waals surface area contributed by atoms with Gasteiger partial charge in [0.15, 0.2) is 0 Å². The molecular formula is C9H8N2O4S. The molecule has 6 nitrogen and oxygen atoms in total. The molecule has 0 radical (unpaired) electrons. The van der Waals surface area contributed by atoms with Gasteiger partial charge in [-0.25, -0.2) is 0 Å². The number of nitro benzene ring substituents is 2. The molecule has 0 N–H and O–H groups in total. The summed E-state index contributed by atoms with van der Waals surface area (Å²) in [5, 5.41) is 21.4. The van der Waals surface area contributed by atoms with Crippen LogP contribution in [0.1, 0.15) is 0 Å². The van der Waals surface area contributed by atoms with E-state index in [1.807, 2.05) is 0 Å². The summed E-state index contributed by atoms with van der Waals surface area (Å²) in [6.45, 7) is 3.48. The third kappa shape index (κ3) is 2.57. The molecular weight excluding hydrogens is 232 g/mol.